The molecule has 4 aromatic rings. The molecule has 0 fully saturated rings. The van der Waals surface area contributed by atoms with Gasteiger partial charge < -0.3 is 4.74 Å². The molecule has 0 unspecified atom stereocenters. The molecule has 2 aromatic carbocycles. The number of methoxy groups -OCH3 is 1. The van der Waals surface area contributed by atoms with Crippen LogP contribution in [0, 0.1) is 0 Å². The molecule has 0 aliphatic carbocycles. The van der Waals surface area contributed by atoms with E-state index in [4.69, 9.17) is 4.74 Å². The van der Waals surface area contributed by atoms with Crippen LogP contribution in [0.5, 0.6) is 5.75 Å². The van der Waals surface area contributed by atoms with Crippen molar-refractivity contribution in [3.63, 3.8) is 0 Å². The van der Waals surface area contributed by atoms with Gasteiger partial charge in [-0.2, -0.15) is 5.10 Å². The summed E-state index contributed by atoms with van der Waals surface area (Å²) in [5, 5.41) is 6.62. The lowest BCUT2D eigenvalue weighted by Crippen LogP contribution is -2.23. The first kappa shape index (κ1) is 13.9. The normalized spacial score (nSPS) is 11.2. The Hall–Kier alpha value is -2.73. The molecule has 0 N–H and O–H groups in total. The van der Waals surface area contributed by atoms with E-state index in [2.05, 4.69) is 10.1 Å². The zero-order chi connectivity index (χ0) is 15.8. The molecule has 114 valence electrons. The first-order chi connectivity index (χ1) is 11.2. The van der Waals surface area contributed by atoms with Crippen LogP contribution in [-0.2, 0) is 6.54 Å². The third kappa shape index (κ3) is 2.47. The summed E-state index contributed by atoms with van der Waals surface area (Å²) >= 11 is 1.54. The van der Waals surface area contributed by atoms with Gasteiger partial charge in [-0.15, -0.1) is 11.3 Å². The Morgan fingerprint density at radius 2 is 2.09 bits per heavy atom. The highest BCUT2D eigenvalue weighted by Crippen LogP contribution is 2.26. The van der Waals surface area contributed by atoms with Crippen molar-refractivity contribution >= 4 is 32.3 Å². The van der Waals surface area contributed by atoms with E-state index < -0.39 is 0 Å². The summed E-state index contributed by atoms with van der Waals surface area (Å²) in [6.45, 7) is 0.366. The van der Waals surface area contributed by atoms with Crippen molar-refractivity contribution in [2.75, 3.05) is 7.11 Å². The van der Waals surface area contributed by atoms with E-state index in [0.717, 1.165) is 26.4 Å². The minimum atomic E-state index is -0.0973. The molecule has 0 radical (unpaired) electrons. The number of ether oxygens (including phenoxy) is 1. The lowest BCUT2D eigenvalue weighted by Gasteiger charge is -2.03. The van der Waals surface area contributed by atoms with Crippen molar-refractivity contribution in [2.45, 2.75) is 6.54 Å². The van der Waals surface area contributed by atoms with E-state index in [1.165, 1.54) is 4.68 Å². The van der Waals surface area contributed by atoms with E-state index in [-0.39, 0.29) is 5.56 Å². The summed E-state index contributed by atoms with van der Waals surface area (Å²) in [5.41, 5.74) is 0.805. The van der Waals surface area contributed by atoms with Crippen LogP contribution >= 0.6 is 11.3 Å². The maximum absolute atomic E-state index is 12.5. The summed E-state index contributed by atoms with van der Waals surface area (Å²) in [6, 6.07) is 13.2. The maximum Gasteiger partial charge on any atom is 0.275 e. The third-order valence-corrected chi connectivity index (χ3v) is 4.69. The molecule has 0 spiro atoms. The van der Waals surface area contributed by atoms with E-state index in [1.807, 2.05) is 42.5 Å². The van der Waals surface area contributed by atoms with E-state index in [1.54, 1.807) is 24.6 Å². The number of aromatic nitrogens is 3. The highest BCUT2D eigenvalue weighted by atomic mass is 32.1. The largest absolute Gasteiger partial charge is 0.497 e. The molecule has 5 nitrogen and oxygen atoms in total. The van der Waals surface area contributed by atoms with Crippen molar-refractivity contribution in [3.8, 4) is 5.75 Å². The van der Waals surface area contributed by atoms with Crippen LogP contribution in [0.4, 0.5) is 0 Å². The molecule has 4 rings (SSSR count). The molecule has 0 amide bonds. The molecule has 0 aliphatic heterocycles. The second-order valence-electron chi connectivity index (χ2n) is 5.14. The molecule has 0 saturated heterocycles. The van der Waals surface area contributed by atoms with Gasteiger partial charge >= 0.3 is 0 Å². The summed E-state index contributed by atoms with van der Waals surface area (Å²) in [4.78, 5) is 17.1. The fourth-order valence-electron chi connectivity index (χ4n) is 2.52. The van der Waals surface area contributed by atoms with Crippen molar-refractivity contribution in [1.29, 1.82) is 0 Å². The van der Waals surface area contributed by atoms with Gasteiger partial charge in [0.25, 0.3) is 5.56 Å². The van der Waals surface area contributed by atoms with E-state index in [0.29, 0.717) is 11.9 Å². The van der Waals surface area contributed by atoms with Crippen LogP contribution in [0.2, 0.25) is 0 Å². The standard InChI is InChI=1S/C17H13N3O2S/c1-22-12-6-7-14-15(8-12)23-16(19-14)10-20-17(21)13-5-3-2-4-11(13)9-18-20/h2-9H,10H2,1H3. The number of thiazole rings is 1. The van der Waals surface area contributed by atoms with Crippen molar-refractivity contribution in [2.24, 2.45) is 0 Å². The van der Waals surface area contributed by atoms with E-state index >= 15 is 0 Å². The van der Waals surface area contributed by atoms with Gasteiger partial charge in [-0.1, -0.05) is 18.2 Å². The zero-order valence-electron chi connectivity index (χ0n) is 12.4. The van der Waals surface area contributed by atoms with Gasteiger partial charge in [0.1, 0.15) is 10.8 Å². The van der Waals surface area contributed by atoms with Gasteiger partial charge in [-0.05, 0) is 24.3 Å². The predicted molar refractivity (Wildman–Crippen MR) is 91.3 cm³/mol. The van der Waals surface area contributed by atoms with Crippen LogP contribution in [-0.4, -0.2) is 21.9 Å². The van der Waals surface area contributed by atoms with Crippen LogP contribution in [0.1, 0.15) is 5.01 Å². The number of rotatable bonds is 3. The first-order valence-corrected chi connectivity index (χ1v) is 7.94. The molecule has 6 heteroatoms. The molecular weight excluding hydrogens is 310 g/mol. The average molecular weight is 323 g/mol. The summed E-state index contributed by atoms with van der Waals surface area (Å²) < 4.78 is 7.72. The quantitative estimate of drug-likeness (QED) is 0.581. The summed E-state index contributed by atoms with van der Waals surface area (Å²) in [6.07, 6.45) is 1.72. The minimum Gasteiger partial charge on any atom is -0.497 e. The summed E-state index contributed by atoms with van der Waals surface area (Å²) in [5.74, 6) is 0.800. The monoisotopic (exact) mass is 323 g/mol. The van der Waals surface area contributed by atoms with Gasteiger partial charge in [0, 0.05) is 5.39 Å². The highest BCUT2D eigenvalue weighted by Gasteiger charge is 2.09. The molecule has 0 aliphatic rings. The molecule has 0 saturated carbocycles. The number of hydrogen-bond acceptors (Lipinski definition) is 5. The van der Waals surface area contributed by atoms with Crippen molar-refractivity contribution in [1.82, 2.24) is 14.8 Å². The number of nitrogens with zero attached hydrogens (tertiary/aromatic N) is 3. The molecular formula is C17H13N3O2S. The van der Waals surface area contributed by atoms with Crippen LogP contribution in [0.15, 0.2) is 53.5 Å². The first-order valence-electron chi connectivity index (χ1n) is 7.13. The van der Waals surface area contributed by atoms with Gasteiger partial charge in [-0.3, -0.25) is 4.79 Å². The SMILES string of the molecule is COc1ccc2nc(Cn3ncc4ccccc4c3=O)sc2c1. The second-order valence-corrected chi connectivity index (χ2v) is 6.25. The lowest BCUT2D eigenvalue weighted by atomic mass is 10.2. The molecule has 0 bridgehead atoms. The Morgan fingerprint density at radius 3 is 2.96 bits per heavy atom. The Kier molecular flexibility index (Phi) is 3.31. The minimum absolute atomic E-state index is 0.0973. The number of hydrogen-bond donors (Lipinski definition) is 0. The second kappa shape index (κ2) is 5.48. The fourth-order valence-corrected chi connectivity index (χ4v) is 3.49. The highest BCUT2D eigenvalue weighted by molar-refractivity contribution is 7.18. The Bertz CT molecular complexity index is 1070. The van der Waals surface area contributed by atoms with Crippen LogP contribution < -0.4 is 10.3 Å². The Balaban J connectivity index is 1.75. The topological polar surface area (TPSA) is 57.0 Å². The lowest BCUT2D eigenvalue weighted by molar-refractivity contribution is 0.415. The Morgan fingerprint density at radius 1 is 1.22 bits per heavy atom. The molecule has 23 heavy (non-hydrogen) atoms. The van der Waals surface area contributed by atoms with Gasteiger partial charge in [0.05, 0.1) is 35.5 Å². The molecule has 2 aromatic heterocycles. The number of fused-ring (bicyclic) bond motifs is 2. The van der Waals surface area contributed by atoms with E-state index in [9.17, 15) is 4.79 Å². The predicted octanol–water partition coefficient (Wildman–Crippen LogP) is 3.06. The third-order valence-electron chi connectivity index (χ3n) is 3.69. The number of benzene rings is 2. The van der Waals surface area contributed by atoms with Gasteiger partial charge in [0.15, 0.2) is 0 Å². The maximum atomic E-state index is 12.5. The van der Waals surface area contributed by atoms with Crippen molar-refractivity contribution < 1.29 is 4.74 Å². The Labute approximate surface area is 135 Å². The van der Waals surface area contributed by atoms with Crippen molar-refractivity contribution in [3.05, 3.63) is 64.0 Å². The zero-order valence-corrected chi connectivity index (χ0v) is 13.2. The average Bonchev–Trinajstić information content (AvgIpc) is 2.99. The molecule has 0 atom stereocenters. The van der Waals surface area contributed by atoms with Gasteiger partial charge in [-0.25, -0.2) is 9.67 Å². The van der Waals surface area contributed by atoms with Crippen LogP contribution in [0.25, 0.3) is 21.0 Å². The fraction of sp³-hybridized carbons (Fsp3) is 0.118. The van der Waals surface area contributed by atoms with Gasteiger partial charge in [0.2, 0.25) is 0 Å². The van der Waals surface area contributed by atoms with Crippen LogP contribution in [0.3, 0.4) is 0 Å². The smallest absolute Gasteiger partial charge is 0.275 e. The summed E-state index contributed by atoms with van der Waals surface area (Å²) in [7, 11) is 1.64. The molecule has 2 heterocycles.